The number of oxazole rings is 1. The predicted molar refractivity (Wildman–Crippen MR) is 116 cm³/mol. The summed E-state index contributed by atoms with van der Waals surface area (Å²) in [6, 6.07) is 13.6. The number of sulfonamides is 1. The highest BCUT2D eigenvalue weighted by Gasteiger charge is 2.14. The molecule has 0 saturated carbocycles. The highest BCUT2D eigenvalue weighted by Crippen LogP contribution is 2.22. The van der Waals surface area contributed by atoms with Gasteiger partial charge < -0.3 is 18.6 Å². The summed E-state index contributed by atoms with van der Waals surface area (Å²) in [6.07, 6.45) is 1.93. The van der Waals surface area contributed by atoms with Crippen molar-refractivity contribution in [2.24, 2.45) is 0 Å². The van der Waals surface area contributed by atoms with Crippen molar-refractivity contribution >= 4 is 10.0 Å². The van der Waals surface area contributed by atoms with E-state index in [9.17, 15) is 8.42 Å². The van der Waals surface area contributed by atoms with Crippen LogP contribution in [0.1, 0.15) is 12.6 Å². The number of hydrogen-bond donors (Lipinski definition) is 1. The van der Waals surface area contributed by atoms with Gasteiger partial charge >= 0.3 is 0 Å². The molecule has 1 aromatic heterocycles. The maximum absolute atomic E-state index is 12.5. The highest BCUT2D eigenvalue weighted by atomic mass is 32.2. The van der Waals surface area contributed by atoms with Crippen LogP contribution in [0.4, 0.5) is 0 Å². The lowest BCUT2D eigenvalue weighted by molar-refractivity contribution is 0.110. The summed E-state index contributed by atoms with van der Waals surface area (Å²) >= 11 is 0. The third-order valence-corrected chi connectivity index (χ3v) is 5.87. The standard InChI is InChI=1S/C22H26N2O6S/c1-3-28-14-15-29-20-8-10-21(11-9-20)31(25,26)23-13-12-18-16-30-22(24-18)17-4-6-19(27-2)7-5-17/h4-11,16,23H,3,12-15H2,1-2H3. The molecule has 0 aliphatic carbocycles. The molecule has 31 heavy (non-hydrogen) atoms. The molecule has 0 unspecified atom stereocenters. The smallest absolute Gasteiger partial charge is 0.240 e. The summed E-state index contributed by atoms with van der Waals surface area (Å²) in [5.41, 5.74) is 1.47. The summed E-state index contributed by atoms with van der Waals surface area (Å²) in [4.78, 5) is 4.58. The van der Waals surface area contributed by atoms with Gasteiger partial charge in [-0.3, -0.25) is 0 Å². The zero-order valence-electron chi connectivity index (χ0n) is 17.5. The summed E-state index contributed by atoms with van der Waals surface area (Å²) in [5.74, 6) is 1.81. The number of nitrogens with zero attached hydrogens (tertiary/aromatic N) is 1. The molecule has 2 aromatic carbocycles. The molecule has 1 N–H and O–H groups in total. The molecule has 0 amide bonds. The molecule has 1 heterocycles. The van der Waals surface area contributed by atoms with Crippen molar-refractivity contribution in [3.63, 3.8) is 0 Å². The van der Waals surface area contributed by atoms with Crippen molar-refractivity contribution < 1.29 is 27.0 Å². The fourth-order valence-electron chi connectivity index (χ4n) is 2.76. The molecule has 0 aliphatic heterocycles. The SMILES string of the molecule is CCOCCOc1ccc(S(=O)(=O)NCCc2coc(-c3ccc(OC)cc3)n2)cc1. The molecule has 0 saturated heterocycles. The van der Waals surface area contributed by atoms with Gasteiger partial charge in [0.25, 0.3) is 0 Å². The highest BCUT2D eigenvalue weighted by molar-refractivity contribution is 7.89. The van der Waals surface area contributed by atoms with Crippen molar-refractivity contribution in [2.75, 3.05) is 33.5 Å². The molecule has 0 fully saturated rings. The molecule has 3 rings (SSSR count). The Morgan fingerprint density at radius 1 is 1.00 bits per heavy atom. The molecule has 0 bridgehead atoms. The van der Waals surface area contributed by atoms with Crippen molar-refractivity contribution in [3.05, 3.63) is 60.5 Å². The third kappa shape index (κ3) is 6.55. The molecule has 166 valence electrons. The zero-order chi connectivity index (χ0) is 22.1. The van der Waals surface area contributed by atoms with Crippen LogP contribution in [0.25, 0.3) is 11.5 Å². The zero-order valence-corrected chi connectivity index (χ0v) is 18.4. The van der Waals surface area contributed by atoms with E-state index in [1.54, 1.807) is 19.2 Å². The number of methoxy groups -OCH3 is 1. The first-order valence-corrected chi connectivity index (χ1v) is 11.4. The minimum Gasteiger partial charge on any atom is -0.497 e. The van der Waals surface area contributed by atoms with Crippen LogP contribution in [0.3, 0.4) is 0 Å². The lowest BCUT2D eigenvalue weighted by Crippen LogP contribution is -2.26. The fourth-order valence-corrected chi connectivity index (χ4v) is 3.79. The van der Waals surface area contributed by atoms with Gasteiger partial charge in [-0.2, -0.15) is 0 Å². The Hall–Kier alpha value is -2.88. The summed E-state index contributed by atoms with van der Waals surface area (Å²) < 4.78 is 48.9. The minimum atomic E-state index is -3.63. The van der Waals surface area contributed by atoms with E-state index < -0.39 is 10.0 Å². The molecule has 9 heteroatoms. The van der Waals surface area contributed by atoms with Crippen LogP contribution in [-0.2, 0) is 21.2 Å². The molecular formula is C22H26N2O6S. The first-order chi connectivity index (χ1) is 15.0. The van der Waals surface area contributed by atoms with Crippen LogP contribution in [0.15, 0.2) is 64.1 Å². The second-order valence-corrected chi connectivity index (χ2v) is 8.30. The molecule has 0 aliphatic rings. The van der Waals surface area contributed by atoms with E-state index in [1.165, 1.54) is 18.4 Å². The van der Waals surface area contributed by atoms with Gasteiger partial charge in [-0.15, -0.1) is 0 Å². The maximum Gasteiger partial charge on any atom is 0.240 e. The van der Waals surface area contributed by atoms with E-state index in [2.05, 4.69) is 9.71 Å². The Kier molecular flexibility index (Phi) is 8.05. The van der Waals surface area contributed by atoms with Gasteiger partial charge in [0.15, 0.2) is 0 Å². The van der Waals surface area contributed by atoms with Crippen LogP contribution in [0, 0.1) is 0 Å². The van der Waals surface area contributed by atoms with Crippen LogP contribution >= 0.6 is 0 Å². The normalized spacial score (nSPS) is 11.4. The van der Waals surface area contributed by atoms with E-state index in [0.717, 1.165) is 11.3 Å². The van der Waals surface area contributed by atoms with Gasteiger partial charge in [0.1, 0.15) is 24.4 Å². The largest absolute Gasteiger partial charge is 0.497 e. The minimum absolute atomic E-state index is 0.170. The van der Waals surface area contributed by atoms with E-state index in [4.69, 9.17) is 18.6 Å². The molecule has 0 atom stereocenters. The number of nitrogens with one attached hydrogen (secondary N) is 1. The molecular weight excluding hydrogens is 420 g/mol. The number of hydrogen-bond acceptors (Lipinski definition) is 7. The van der Waals surface area contributed by atoms with E-state index in [-0.39, 0.29) is 11.4 Å². The molecule has 0 radical (unpaired) electrons. The van der Waals surface area contributed by atoms with Gasteiger partial charge in [-0.05, 0) is 55.5 Å². The first-order valence-electron chi connectivity index (χ1n) is 9.91. The fraction of sp³-hybridized carbons (Fsp3) is 0.318. The van der Waals surface area contributed by atoms with E-state index in [0.29, 0.717) is 43.6 Å². The third-order valence-electron chi connectivity index (χ3n) is 4.40. The quantitative estimate of drug-likeness (QED) is 0.426. The predicted octanol–water partition coefficient (Wildman–Crippen LogP) is 3.29. The molecule has 3 aromatic rings. The number of ether oxygens (including phenoxy) is 3. The second kappa shape index (κ2) is 10.9. The second-order valence-electron chi connectivity index (χ2n) is 6.54. The van der Waals surface area contributed by atoms with Gasteiger partial charge in [0.2, 0.25) is 15.9 Å². The van der Waals surface area contributed by atoms with Gasteiger partial charge in [-0.25, -0.2) is 18.1 Å². The first kappa shape index (κ1) is 22.8. The average Bonchev–Trinajstić information content (AvgIpc) is 3.26. The number of rotatable bonds is 12. The Labute approximate surface area is 182 Å². The summed E-state index contributed by atoms with van der Waals surface area (Å²) in [6.45, 7) is 3.64. The van der Waals surface area contributed by atoms with Gasteiger partial charge in [-0.1, -0.05) is 0 Å². The maximum atomic E-state index is 12.5. The Morgan fingerprint density at radius 3 is 2.39 bits per heavy atom. The van der Waals surface area contributed by atoms with Crippen LogP contribution in [-0.4, -0.2) is 46.9 Å². The monoisotopic (exact) mass is 446 g/mol. The topological polar surface area (TPSA) is 99.9 Å². The van der Waals surface area contributed by atoms with Crippen molar-refractivity contribution in [1.29, 1.82) is 0 Å². The van der Waals surface area contributed by atoms with Crippen molar-refractivity contribution in [1.82, 2.24) is 9.71 Å². The summed E-state index contributed by atoms with van der Waals surface area (Å²) in [5, 5.41) is 0. The average molecular weight is 447 g/mol. The van der Waals surface area contributed by atoms with Crippen LogP contribution in [0.5, 0.6) is 11.5 Å². The van der Waals surface area contributed by atoms with Crippen molar-refractivity contribution in [3.8, 4) is 23.0 Å². The van der Waals surface area contributed by atoms with Crippen LogP contribution in [0.2, 0.25) is 0 Å². The number of benzene rings is 2. The van der Waals surface area contributed by atoms with E-state index in [1.807, 2.05) is 31.2 Å². The van der Waals surface area contributed by atoms with Gasteiger partial charge in [0.05, 0.1) is 24.3 Å². The van der Waals surface area contributed by atoms with Crippen LogP contribution < -0.4 is 14.2 Å². The molecule has 0 spiro atoms. The lowest BCUT2D eigenvalue weighted by atomic mass is 10.2. The lowest BCUT2D eigenvalue weighted by Gasteiger charge is -2.08. The van der Waals surface area contributed by atoms with Crippen molar-refractivity contribution in [2.45, 2.75) is 18.2 Å². The number of aromatic nitrogens is 1. The molecule has 8 nitrogen and oxygen atoms in total. The van der Waals surface area contributed by atoms with Gasteiger partial charge in [0, 0.05) is 25.1 Å². The Morgan fingerprint density at radius 2 is 1.71 bits per heavy atom. The van der Waals surface area contributed by atoms with E-state index >= 15 is 0 Å². The Balaban J connectivity index is 1.51. The Bertz CT molecular complexity index is 1050. The summed E-state index contributed by atoms with van der Waals surface area (Å²) in [7, 11) is -2.03.